The summed E-state index contributed by atoms with van der Waals surface area (Å²) in [5, 5.41) is 0. The third-order valence-corrected chi connectivity index (χ3v) is 4.25. The number of carbonyl (C=O) groups excluding carboxylic acids is 1. The molecule has 0 aliphatic carbocycles. The molecule has 0 saturated carbocycles. The summed E-state index contributed by atoms with van der Waals surface area (Å²) >= 11 is 0. The van der Waals surface area contributed by atoms with Gasteiger partial charge in [0.15, 0.2) is 0 Å². The highest BCUT2D eigenvalue weighted by molar-refractivity contribution is 5.75. The van der Waals surface area contributed by atoms with Gasteiger partial charge in [0.2, 0.25) is 6.29 Å². The van der Waals surface area contributed by atoms with E-state index in [2.05, 4.69) is 13.0 Å². The quantitative estimate of drug-likeness (QED) is 0.628. The van der Waals surface area contributed by atoms with Crippen molar-refractivity contribution < 1.29 is 19.0 Å². The Morgan fingerprint density at radius 2 is 1.91 bits per heavy atom. The molecule has 2 aliphatic heterocycles. The van der Waals surface area contributed by atoms with Gasteiger partial charge in [-0.1, -0.05) is 23.8 Å². The summed E-state index contributed by atoms with van der Waals surface area (Å²) in [6.45, 7) is 2.08. The van der Waals surface area contributed by atoms with Crippen molar-refractivity contribution in [3.8, 4) is 17.2 Å². The van der Waals surface area contributed by atoms with Crippen LogP contribution in [0.4, 0.5) is 0 Å². The zero-order valence-electron chi connectivity index (χ0n) is 13.0. The molecule has 2 heterocycles. The highest BCUT2D eigenvalue weighted by atomic mass is 16.7. The molecule has 4 rings (SSSR count). The fraction of sp³-hybridized carbons (Fsp3) is 0.316. The number of hydrogen-bond acceptors (Lipinski definition) is 4. The zero-order valence-corrected chi connectivity index (χ0v) is 13.0. The topological polar surface area (TPSA) is 44.8 Å². The third-order valence-electron chi connectivity index (χ3n) is 4.25. The molecule has 1 atom stereocenters. The van der Waals surface area contributed by atoms with Crippen molar-refractivity contribution in [1.29, 1.82) is 0 Å². The van der Waals surface area contributed by atoms with Crippen molar-refractivity contribution in [2.75, 3.05) is 0 Å². The number of benzene rings is 2. The van der Waals surface area contributed by atoms with Gasteiger partial charge in [-0.2, -0.15) is 0 Å². The van der Waals surface area contributed by atoms with Crippen molar-refractivity contribution in [2.45, 2.75) is 38.9 Å². The first kappa shape index (κ1) is 14.1. The van der Waals surface area contributed by atoms with E-state index in [1.165, 1.54) is 11.1 Å². The van der Waals surface area contributed by atoms with Gasteiger partial charge in [0, 0.05) is 12.5 Å². The lowest BCUT2D eigenvalue weighted by atomic mass is 10.0. The lowest BCUT2D eigenvalue weighted by Crippen LogP contribution is -2.28. The van der Waals surface area contributed by atoms with Gasteiger partial charge in [0.1, 0.15) is 17.2 Å². The average molecular weight is 310 g/mol. The van der Waals surface area contributed by atoms with Gasteiger partial charge in [0.25, 0.3) is 0 Å². The Kier molecular flexibility index (Phi) is 3.45. The summed E-state index contributed by atoms with van der Waals surface area (Å²) in [7, 11) is 0. The van der Waals surface area contributed by atoms with E-state index in [0.717, 1.165) is 30.6 Å². The molecule has 1 unspecified atom stereocenters. The second-order valence-electron chi connectivity index (χ2n) is 6.06. The number of hydrogen-bond donors (Lipinski definition) is 0. The van der Waals surface area contributed by atoms with Crippen LogP contribution in [0.2, 0.25) is 0 Å². The summed E-state index contributed by atoms with van der Waals surface area (Å²) in [5.74, 6) is 1.97. The Bertz CT molecular complexity index is 766. The van der Waals surface area contributed by atoms with E-state index in [1.54, 1.807) is 6.07 Å². The van der Waals surface area contributed by atoms with Gasteiger partial charge in [-0.3, -0.25) is 4.79 Å². The Balaban J connectivity index is 1.50. The summed E-state index contributed by atoms with van der Waals surface area (Å²) in [5.41, 5.74) is 3.51. The minimum atomic E-state index is -0.317. The SMILES string of the molecule is Cc1ccc2c(c1)CCC(Oc1ccc3c(c1)OC(=O)CC3)O2. The number of aryl methyl sites for hydroxylation is 3. The molecule has 4 heteroatoms. The fourth-order valence-electron chi connectivity index (χ4n) is 3.05. The van der Waals surface area contributed by atoms with Crippen molar-refractivity contribution in [3.05, 3.63) is 53.1 Å². The molecule has 2 aromatic rings. The molecule has 23 heavy (non-hydrogen) atoms. The van der Waals surface area contributed by atoms with Crippen LogP contribution >= 0.6 is 0 Å². The molecule has 0 spiro atoms. The summed E-state index contributed by atoms with van der Waals surface area (Å²) in [6, 6.07) is 11.8. The average Bonchev–Trinajstić information content (AvgIpc) is 2.54. The van der Waals surface area contributed by atoms with Crippen LogP contribution in [0.5, 0.6) is 17.2 Å². The first-order chi connectivity index (χ1) is 11.2. The summed E-state index contributed by atoms with van der Waals surface area (Å²) in [4.78, 5) is 11.4. The molecule has 4 nitrogen and oxygen atoms in total. The molecular weight excluding hydrogens is 292 g/mol. The van der Waals surface area contributed by atoms with Crippen LogP contribution in [0, 0.1) is 6.92 Å². The minimum absolute atomic E-state index is 0.187. The lowest BCUT2D eigenvalue weighted by molar-refractivity contribution is -0.135. The number of fused-ring (bicyclic) bond motifs is 2. The molecule has 2 aliphatic rings. The predicted molar refractivity (Wildman–Crippen MR) is 84.9 cm³/mol. The van der Waals surface area contributed by atoms with Gasteiger partial charge in [-0.05, 0) is 43.0 Å². The van der Waals surface area contributed by atoms with E-state index < -0.39 is 0 Å². The van der Waals surface area contributed by atoms with Crippen LogP contribution in [0.15, 0.2) is 36.4 Å². The predicted octanol–water partition coefficient (Wildman–Crippen LogP) is 3.58. The van der Waals surface area contributed by atoms with Crippen LogP contribution < -0.4 is 14.2 Å². The molecule has 0 radical (unpaired) electrons. The van der Waals surface area contributed by atoms with Crippen molar-refractivity contribution >= 4 is 5.97 Å². The second-order valence-corrected chi connectivity index (χ2v) is 6.06. The van der Waals surface area contributed by atoms with Gasteiger partial charge < -0.3 is 14.2 Å². The minimum Gasteiger partial charge on any atom is -0.455 e. The Labute approximate surface area is 135 Å². The lowest BCUT2D eigenvalue weighted by Gasteiger charge is -2.27. The van der Waals surface area contributed by atoms with E-state index in [1.807, 2.05) is 24.3 Å². The maximum atomic E-state index is 11.4. The molecule has 118 valence electrons. The van der Waals surface area contributed by atoms with Crippen LogP contribution in [0.3, 0.4) is 0 Å². The Morgan fingerprint density at radius 3 is 2.83 bits per heavy atom. The van der Waals surface area contributed by atoms with Gasteiger partial charge in [-0.15, -0.1) is 0 Å². The largest absolute Gasteiger partial charge is 0.455 e. The molecule has 2 aromatic carbocycles. The summed E-state index contributed by atoms with van der Waals surface area (Å²) in [6.07, 6.45) is 2.58. The molecule has 0 N–H and O–H groups in total. The highest BCUT2D eigenvalue weighted by Crippen LogP contribution is 2.33. The third kappa shape index (κ3) is 2.89. The fourth-order valence-corrected chi connectivity index (χ4v) is 3.05. The van der Waals surface area contributed by atoms with Crippen LogP contribution in [-0.4, -0.2) is 12.3 Å². The molecule has 0 saturated heterocycles. The van der Waals surface area contributed by atoms with Gasteiger partial charge in [-0.25, -0.2) is 0 Å². The Morgan fingerprint density at radius 1 is 1.00 bits per heavy atom. The number of carbonyl (C=O) groups is 1. The number of rotatable bonds is 2. The van der Waals surface area contributed by atoms with Gasteiger partial charge in [0.05, 0.1) is 6.42 Å². The van der Waals surface area contributed by atoms with Crippen molar-refractivity contribution in [3.63, 3.8) is 0 Å². The van der Waals surface area contributed by atoms with Gasteiger partial charge >= 0.3 is 5.97 Å². The van der Waals surface area contributed by atoms with Crippen LogP contribution in [0.1, 0.15) is 29.5 Å². The van der Waals surface area contributed by atoms with E-state index in [0.29, 0.717) is 17.9 Å². The highest BCUT2D eigenvalue weighted by Gasteiger charge is 2.22. The van der Waals surface area contributed by atoms with Crippen molar-refractivity contribution in [1.82, 2.24) is 0 Å². The zero-order chi connectivity index (χ0) is 15.8. The van der Waals surface area contributed by atoms with Crippen molar-refractivity contribution in [2.24, 2.45) is 0 Å². The molecule has 0 bridgehead atoms. The van der Waals surface area contributed by atoms with Crippen LogP contribution in [-0.2, 0) is 17.6 Å². The number of esters is 1. The van der Waals surface area contributed by atoms with E-state index in [4.69, 9.17) is 14.2 Å². The first-order valence-corrected chi connectivity index (χ1v) is 7.94. The van der Waals surface area contributed by atoms with E-state index in [9.17, 15) is 4.79 Å². The normalized spacial score (nSPS) is 19.2. The Hall–Kier alpha value is -2.49. The van der Waals surface area contributed by atoms with E-state index in [-0.39, 0.29) is 12.3 Å². The smallest absolute Gasteiger partial charge is 0.311 e. The van der Waals surface area contributed by atoms with Crippen LogP contribution in [0.25, 0.3) is 0 Å². The van der Waals surface area contributed by atoms with E-state index >= 15 is 0 Å². The summed E-state index contributed by atoms with van der Waals surface area (Å²) < 4.78 is 17.1. The molecular formula is C19H18O4. The second kappa shape index (κ2) is 5.61. The monoisotopic (exact) mass is 310 g/mol. The maximum Gasteiger partial charge on any atom is 0.311 e. The molecule has 0 fully saturated rings. The first-order valence-electron chi connectivity index (χ1n) is 7.94. The standard InChI is InChI=1S/C19H18O4/c1-12-2-7-16-14(10-12)5-9-19(23-16)21-15-6-3-13-4-8-18(20)22-17(13)11-15/h2-3,6-7,10-11,19H,4-5,8-9H2,1H3. The molecule has 0 amide bonds. The molecule has 0 aromatic heterocycles. The number of ether oxygens (including phenoxy) is 3. The maximum absolute atomic E-state index is 11.4.